The SMILES string of the molecule is C=C(CNC(=O)c1ccccc1)[C@@H]1CC[C@]2(C)CC[C@]3(C)[C@H](CC[C@@H]4[C@@]5(C)CC[C@H](OC(=O)CCCCC(N)=O)C(C)(C)[C@@H]5CC[C@]43C)[C@@H]12. The standard InChI is InChI=1S/C43H64N2O4/c1-28(27-45-38(48)29-13-9-8-10-14-29)30-19-22-40(4)25-26-42(6)31(37(30)40)17-18-33-41(5)23-21-34(49-36(47)16-12-11-15-35(44)46)39(2,3)32(41)20-24-43(33,42)7/h8-10,13-14,30-34,37H,1,11-12,15-27H2,2-7H3,(H2,44,46)(H,45,48)/t30-,31+,32-,33+,34-,37+,40+,41-,42+,43+/m0/s1. The molecule has 0 radical (unpaired) electrons. The number of carbonyl (C=O) groups is 3. The fourth-order valence-corrected chi connectivity index (χ4v) is 13.4. The van der Waals surface area contributed by atoms with Crippen LogP contribution in [-0.2, 0) is 14.3 Å². The molecule has 0 saturated heterocycles. The van der Waals surface area contributed by atoms with E-state index in [1.54, 1.807) is 0 Å². The van der Waals surface area contributed by atoms with E-state index in [9.17, 15) is 14.4 Å². The lowest BCUT2D eigenvalue weighted by atomic mass is 9.32. The van der Waals surface area contributed by atoms with E-state index in [1.807, 2.05) is 30.3 Å². The Morgan fingerprint density at radius 3 is 2.24 bits per heavy atom. The summed E-state index contributed by atoms with van der Waals surface area (Å²) in [4.78, 5) is 37.0. The number of carbonyl (C=O) groups excluding carboxylic acids is 3. The van der Waals surface area contributed by atoms with E-state index in [0.29, 0.717) is 72.8 Å². The molecule has 1 aromatic carbocycles. The molecule has 0 bridgehead atoms. The summed E-state index contributed by atoms with van der Waals surface area (Å²) >= 11 is 0. The van der Waals surface area contributed by atoms with Crippen molar-refractivity contribution in [2.45, 2.75) is 138 Å². The lowest BCUT2D eigenvalue weighted by Gasteiger charge is -2.73. The molecule has 5 saturated carbocycles. The molecular weight excluding hydrogens is 608 g/mol. The van der Waals surface area contributed by atoms with Crippen molar-refractivity contribution >= 4 is 17.8 Å². The lowest BCUT2D eigenvalue weighted by molar-refractivity contribution is -0.249. The average Bonchev–Trinajstić information content (AvgIpc) is 3.41. The minimum absolute atomic E-state index is 0.0124. The number of unbranched alkanes of at least 4 members (excludes halogenated alkanes) is 1. The number of fused-ring (bicyclic) bond motifs is 7. The molecule has 0 aromatic heterocycles. The maximum atomic E-state index is 12.9. The Labute approximate surface area is 296 Å². The van der Waals surface area contributed by atoms with Crippen molar-refractivity contribution in [3.63, 3.8) is 0 Å². The van der Waals surface area contributed by atoms with Crippen LogP contribution >= 0.6 is 0 Å². The van der Waals surface area contributed by atoms with Crippen molar-refractivity contribution in [2.75, 3.05) is 6.54 Å². The molecule has 10 atom stereocenters. The largest absolute Gasteiger partial charge is 0.462 e. The summed E-state index contributed by atoms with van der Waals surface area (Å²) in [6.45, 7) is 20.5. The summed E-state index contributed by atoms with van der Waals surface area (Å²) in [5.41, 5.74) is 8.21. The Kier molecular flexibility index (Phi) is 9.72. The average molecular weight is 673 g/mol. The minimum atomic E-state index is -0.312. The summed E-state index contributed by atoms with van der Waals surface area (Å²) in [6.07, 6.45) is 14.0. The third kappa shape index (κ3) is 6.09. The number of hydrogen-bond donors (Lipinski definition) is 2. The Hall–Kier alpha value is -2.63. The van der Waals surface area contributed by atoms with E-state index in [0.717, 1.165) is 12.8 Å². The van der Waals surface area contributed by atoms with Gasteiger partial charge in [0, 0.05) is 30.4 Å². The lowest BCUT2D eigenvalue weighted by Crippen LogP contribution is -2.66. The molecule has 6 heteroatoms. The van der Waals surface area contributed by atoms with Gasteiger partial charge in [0.1, 0.15) is 6.10 Å². The number of amides is 2. The van der Waals surface area contributed by atoms with E-state index < -0.39 is 0 Å². The van der Waals surface area contributed by atoms with Crippen LogP contribution in [-0.4, -0.2) is 30.4 Å². The molecule has 6 rings (SSSR count). The zero-order valence-corrected chi connectivity index (χ0v) is 31.4. The van der Waals surface area contributed by atoms with Crippen LogP contribution in [0.25, 0.3) is 0 Å². The van der Waals surface area contributed by atoms with E-state index in [2.05, 4.69) is 53.4 Å². The third-order valence-corrected chi connectivity index (χ3v) is 16.2. The summed E-state index contributed by atoms with van der Waals surface area (Å²) in [5, 5.41) is 3.21. The molecule has 3 N–H and O–H groups in total. The number of nitrogens with one attached hydrogen (secondary N) is 1. The molecule has 5 aliphatic rings. The van der Waals surface area contributed by atoms with Crippen molar-refractivity contribution in [1.82, 2.24) is 5.32 Å². The van der Waals surface area contributed by atoms with Gasteiger partial charge in [0.2, 0.25) is 5.91 Å². The first-order valence-electron chi connectivity index (χ1n) is 19.6. The molecule has 6 nitrogen and oxygen atoms in total. The summed E-state index contributed by atoms with van der Waals surface area (Å²) < 4.78 is 6.24. The van der Waals surface area contributed by atoms with Crippen LogP contribution in [0, 0.1) is 56.7 Å². The molecule has 0 spiro atoms. The van der Waals surface area contributed by atoms with E-state index >= 15 is 0 Å². The van der Waals surface area contributed by atoms with Crippen molar-refractivity contribution in [3.05, 3.63) is 48.0 Å². The first-order chi connectivity index (χ1) is 23.1. The number of nitrogens with two attached hydrogens (primary N) is 1. The van der Waals surface area contributed by atoms with Gasteiger partial charge in [0.15, 0.2) is 0 Å². The summed E-state index contributed by atoms with van der Waals surface area (Å²) in [6, 6.07) is 9.53. The van der Waals surface area contributed by atoms with Crippen LogP contribution < -0.4 is 11.1 Å². The maximum absolute atomic E-state index is 12.9. The number of rotatable bonds is 10. The highest BCUT2D eigenvalue weighted by molar-refractivity contribution is 5.94. The fraction of sp³-hybridized carbons (Fsp3) is 0.744. The first-order valence-corrected chi connectivity index (χ1v) is 19.6. The van der Waals surface area contributed by atoms with Crippen molar-refractivity contribution < 1.29 is 19.1 Å². The van der Waals surface area contributed by atoms with Gasteiger partial charge in [-0.05, 0) is 140 Å². The second-order valence-corrected chi connectivity index (χ2v) is 18.7. The Balaban J connectivity index is 1.17. The van der Waals surface area contributed by atoms with E-state index in [4.69, 9.17) is 10.5 Å². The van der Waals surface area contributed by atoms with Crippen LogP contribution in [0.4, 0.5) is 0 Å². The molecule has 5 fully saturated rings. The van der Waals surface area contributed by atoms with Gasteiger partial charge in [-0.1, -0.05) is 71.9 Å². The number of ether oxygens (including phenoxy) is 1. The Morgan fingerprint density at radius 1 is 0.816 bits per heavy atom. The quantitative estimate of drug-likeness (QED) is 0.147. The highest BCUT2D eigenvalue weighted by Crippen LogP contribution is 2.77. The molecule has 270 valence electrons. The van der Waals surface area contributed by atoms with Gasteiger partial charge in [-0.15, -0.1) is 0 Å². The van der Waals surface area contributed by atoms with Crippen LogP contribution in [0.5, 0.6) is 0 Å². The molecule has 0 unspecified atom stereocenters. The maximum Gasteiger partial charge on any atom is 0.306 e. The second kappa shape index (κ2) is 13.2. The zero-order chi connectivity index (χ0) is 35.4. The van der Waals surface area contributed by atoms with Crippen LogP contribution in [0.1, 0.15) is 142 Å². The number of hydrogen-bond acceptors (Lipinski definition) is 4. The van der Waals surface area contributed by atoms with Crippen LogP contribution in [0.2, 0.25) is 0 Å². The highest BCUT2D eigenvalue weighted by Gasteiger charge is 2.70. The van der Waals surface area contributed by atoms with Crippen molar-refractivity contribution in [1.29, 1.82) is 0 Å². The number of esters is 1. The first kappa shape index (κ1) is 36.2. The van der Waals surface area contributed by atoms with Gasteiger partial charge in [0.05, 0.1) is 0 Å². The molecule has 49 heavy (non-hydrogen) atoms. The van der Waals surface area contributed by atoms with Crippen molar-refractivity contribution in [3.8, 4) is 0 Å². The molecule has 5 aliphatic carbocycles. The smallest absolute Gasteiger partial charge is 0.306 e. The molecular formula is C43H64N2O4. The number of primary amides is 1. The normalized spacial score (nSPS) is 40.5. The minimum Gasteiger partial charge on any atom is -0.462 e. The van der Waals surface area contributed by atoms with Crippen LogP contribution in [0.15, 0.2) is 42.5 Å². The van der Waals surface area contributed by atoms with Gasteiger partial charge in [-0.3, -0.25) is 14.4 Å². The Morgan fingerprint density at radius 2 is 1.53 bits per heavy atom. The predicted molar refractivity (Wildman–Crippen MR) is 195 cm³/mol. The van der Waals surface area contributed by atoms with E-state index in [-0.39, 0.29) is 45.5 Å². The van der Waals surface area contributed by atoms with Gasteiger partial charge in [-0.2, -0.15) is 0 Å². The number of benzene rings is 1. The van der Waals surface area contributed by atoms with E-state index in [1.165, 1.54) is 56.9 Å². The third-order valence-electron chi connectivity index (χ3n) is 16.2. The second-order valence-electron chi connectivity index (χ2n) is 18.7. The predicted octanol–water partition coefficient (Wildman–Crippen LogP) is 9.03. The van der Waals surface area contributed by atoms with Gasteiger partial charge in [-0.25, -0.2) is 0 Å². The molecule has 2 amide bonds. The van der Waals surface area contributed by atoms with Gasteiger partial charge >= 0.3 is 5.97 Å². The zero-order valence-electron chi connectivity index (χ0n) is 31.4. The molecule has 1 aromatic rings. The fourth-order valence-electron chi connectivity index (χ4n) is 13.4. The summed E-state index contributed by atoms with van der Waals surface area (Å²) in [7, 11) is 0. The molecule has 0 heterocycles. The van der Waals surface area contributed by atoms with Crippen LogP contribution in [0.3, 0.4) is 0 Å². The van der Waals surface area contributed by atoms with Gasteiger partial charge in [0.25, 0.3) is 5.91 Å². The topological polar surface area (TPSA) is 98.5 Å². The monoisotopic (exact) mass is 672 g/mol. The van der Waals surface area contributed by atoms with Gasteiger partial charge < -0.3 is 15.8 Å². The molecule has 0 aliphatic heterocycles. The summed E-state index contributed by atoms with van der Waals surface area (Å²) in [5.74, 6) is 2.46. The Bertz CT molecular complexity index is 1440. The van der Waals surface area contributed by atoms with Crippen molar-refractivity contribution in [2.24, 2.45) is 62.4 Å². The highest BCUT2D eigenvalue weighted by atomic mass is 16.5.